The first-order valence-corrected chi connectivity index (χ1v) is 9.58. The van der Waals surface area contributed by atoms with Gasteiger partial charge in [-0.05, 0) is 18.3 Å². The zero-order chi connectivity index (χ0) is 23.6. The molecule has 9 N–H and O–H groups in total. The number of carboxylic acid groups (broad SMARTS) is 1. The van der Waals surface area contributed by atoms with Crippen LogP contribution in [0.15, 0.2) is 0 Å². The average Bonchev–Trinajstić information content (AvgIpc) is 2.62. The predicted molar refractivity (Wildman–Crippen MR) is 107 cm³/mol. The number of aliphatic hydroxyl groups excluding tert-OH is 1. The van der Waals surface area contributed by atoms with Crippen LogP contribution >= 0.6 is 0 Å². The Bertz CT molecular complexity index is 638. The number of nitrogens with one attached hydrogen (secondary N) is 3. The van der Waals surface area contributed by atoms with Crippen molar-refractivity contribution in [3.05, 3.63) is 0 Å². The third kappa shape index (κ3) is 9.65. The van der Waals surface area contributed by atoms with E-state index in [4.69, 9.17) is 16.6 Å². The minimum absolute atomic E-state index is 0.00434. The summed E-state index contributed by atoms with van der Waals surface area (Å²) in [6, 6.07) is -4.98. The highest BCUT2D eigenvalue weighted by Gasteiger charge is 2.31. The number of aliphatic hydroxyl groups is 1. The van der Waals surface area contributed by atoms with E-state index < -0.39 is 66.8 Å². The molecule has 0 aromatic rings. The van der Waals surface area contributed by atoms with Gasteiger partial charge < -0.3 is 37.6 Å². The summed E-state index contributed by atoms with van der Waals surface area (Å²) in [7, 11) is 0. The molecular weight excluding hydrogens is 398 g/mol. The SMILES string of the molecule is CC(C)CC(NC(=O)C(N)C(C)C)C(=O)NC(CO)C(=O)NC(CC(N)=O)C(=O)O. The molecule has 0 fully saturated rings. The molecule has 0 rings (SSSR count). The minimum Gasteiger partial charge on any atom is -0.480 e. The molecule has 172 valence electrons. The Labute approximate surface area is 175 Å². The molecule has 12 nitrogen and oxygen atoms in total. The van der Waals surface area contributed by atoms with E-state index in [1.807, 2.05) is 19.2 Å². The largest absolute Gasteiger partial charge is 0.480 e. The third-order valence-electron chi connectivity index (χ3n) is 4.20. The van der Waals surface area contributed by atoms with Crippen LogP contribution < -0.4 is 27.4 Å². The van der Waals surface area contributed by atoms with Crippen LogP contribution in [0.1, 0.15) is 40.5 Å². The van der Waals surface area contributed by atoms with Crippen LogP contribution in [0, 0.1) is 11.8 Å². The van der Waals surface area contributed by atoms with Crippen molar-refractivity contribution in [3.63, 3.8) is 0 Å². The molecular formula is C18H33N5O7. The monoisotopic (exact) mass is 431 g/mol. The number of carbonyl (C=O) groups is 5. The van der Waals surface area contributed by atoms with Gasteiger partial charge in [-0.2, -0.15) is 0 Å². The first-order valence-electron chi connectivity index (χ1n) is 9.58. The summed E-state index contributed by atoms with van der Waals surface area (Å²) in [6.07, 6.45) is -0.423. The van der Waals surface area contributed by atoms with E-state index in [2.05, 4.69) is 10.6 Å². The predicted octanol–water partition coefficient (Wildman–Crippen LogP) is -2.58. The Morgan fingerprint density at radius 1 is 0.833 bits per heavy atom. The van der Waals surface area contributed by atoms with E-state index in [9.17, 15) is 29.1 Å². The van der Waals surface area contributed by atoms with Crippen molar-refractivity contribution in [2.45, 2.75) is 64.7 Å². The molecule has 0 spiro atoms. The summed E-state index contributed by atoms with van der Waals surface area (Å²) in [5, 5.41) is 25.4. The number of hydrogen-bond donors (Lipinski definition) is 7. The lowest BCUT2D eigenvalue weighted by Crippen LogP contribution is -2.58. The van der Waals surface area contributed by atoms with Crippen LogP contribution in [-0.2, 0) is 24.0 Å². The molecule has 0 aliphatic heterocycles. The Morgan fingerprint density at radius 3 is 1.70 bits per heavy atom. The Kier molecular flexibility index (Phi) is 11.6. The molecule has 0 bridgehead atoms. The summed E-state index contributed by atoms with van der Waals surface area (Å²) >= 11 is 0. The van der Waals surface area contributed by atoms with E-state index in [-0.39, 0.29) is 18.3 Å². The van der Waals surface area contributed by atoms with Gasteiger partial charge in [-0.1, -0.05) is 27.7 Å². The maximum Gasteiger partial charge on any atom is 0.326 e. The number of hydrogen-bond acceptors (Lipinski definition) is 7. The van der Waals surface area contributed by atoms with E-state index in [1.165, 1.54) is 0 Å². The van der Waals surface area contributed by atoms with Crippen molar-refractivity contribution in [1.82, 2.24) is 16.0 Å². The van der Waals surface area contributed by atoms with Crippen molar-refractivity contribution in [3.8, 4) is 0 Å². The molecule has 4 unspecified atom stereocenters. The molecule has 0 aliphatic rings. The Hall–Kier alpha value is -2.73. The van der Waals surface area contributed by atoms with Crippen LogP contribution in [0.2, 0.25) is 0 Å². The molecule has 0 aliphatic carbocycles. The zero-order valence-corrected chi connectivity index (χ0v) is 17.7. The minimum atomic E-state index is -1.61. The van der Waals surface area contributed by atoms with Crippen LogP contribution in [0.5, 0.6) is 0 Å². The molecule has 12 heteroatoms. The van der Waals surface area contributed by atoms with Crippen LogP contribution in [0.3, 0.4) is 0 Å². The van der Waals surface area contributed by atoms with E-state index >= 15 is 0 Å². The lowest BCUT2D eigenvalue weighted by atomic mass is 10.00. The lowest BCUT2D eigenvalue weighted by Gasteiger charge is -2.25. The molecule has 0 saturated carbocycles. The topological polar surface area (TPSA) is 214 Å². The van der Waals surface area contributed by atoms with E-state index in [0.29, 0.717) is 0 Å². The number of nitrogens with two attached hydrogens (primary N) is 2. The number of carboxylic acids is 1. The maximum atomic E-state index is 12.6. The number of carbonyl (C=O) groups excluding carboxylic acids is 4. The summed E-state index contributed by atoms with van der Waals surface area (Å²) in [4.78, 5) is 59.2. The van der Waals surface area contributed by atoms with Gasteiger partial charge in [0, 0.05) is 0 Å². The van der Waals surface area contributed by atoms with Gasteiger partial charge in [0.2, 0.25) is 23.6 Å². The molecule has 30 heavy (non-hydrogen) atoms. The van der Waals surface area contributed by atoms with Gasteiger partial charge in [-0.15, -0.1) is 0 Å². The maximum absolute atomic E-state index is 12.6. The average molecular weight is 431 g/mol. The van der Waals surface area contributed by atoms with Gasteiger partial charge in [0.05, 0.1) is 19.1 Å². The Balaban J connectivity index is 5.26. The second kappa shape index (κ2) is 12.8. The second-order valence-corrected chi connectivity index (χ2v) is 7.77. The van der Waals surface area contributed by atoms with Crippen LogP contribution in [0.25, 0.3) is 0 Å². The second-order valence-electron chi connectivity index (χ2n) is 7.77. The van der Waals surface area contributed by atoms with Gasteiger partial charge in [0.1, 0.15) is 18.1 Å². The van der Waals surface area contributed by atoms with Gasteiger partial charge in [-0.25, -0.2) is 4.79 Å². The summed E-state index contributed by atoms with van der Waals surface area (Å²) in [5.74, 6) is -4.92. The molecule has 0 aromatic heterocycles. The molecule has 0 heterocycles. The van der Waals surface area contributed by atoms with E-state index in [0.717, 1.165) is 0 Å². The lowest BCUT2D eigenvalue weighted by molar-refractivity contribution is -0.144. The van der Waals surface area contributed by atoms with Gasteiger partial charge in [-0.3, -0.25) is 19.2 Å². The standard InChI is InChI=1S/C18H33N5O7/c1-8(2)5-10(21-17(28)14(20)9(3)4)15(26)23-12(7-24)16(27)22-11(18(29)30)6-13(19)25/h8-12,14,24H,5-7,20H2,1-4H3,(H2,19,25)(H,21,28)(H,22,27)(H,23,26)(H,29,30). The molecule has 4 atom stereocenters. The van der Waals surface area contributed by atoms with Crippen molar-refractivity contribution >= 4 is 29.6 Å². The van der Waals surface area contributed by atoms with Crippen molar-refractivity contribution < 1.29 is 34.2 Å². The summed E-state index contributed by atoms with van der Waals surface area (Å²) in [5.41, 5.74) is 10.7. The molecule has 0 radical (unpaired) electrons. The van der Waals surface area contributed by atoms with Crippen molar-refractivity contribution in [1.29, 1.82) is 0 Å². The van der Waals surface area contributed by atoms with Gasteiger partial charge in [0.25, 0.3) is 0 Å². The molecule has 4 amide bonds. The summed E-state index contributed by atoms with van der Waals surface area (Å²) < 4.78 is 0. The fraction of sp³-hybridized carbons (Fsp3) is 0.722. The quantitative estimate of drug-likeness (QED) is 0.164. The van der Waals surface area contributed by atoms with Gasteiger partial charge >= 0.3 is 5.97 Å². The normalized spacial score (nSPS) is 15.1. The first kappa shape index (κ1) is 27.3. The van der Waals surface area contributed by atoms with Gasteiger partial charge in [0.15, 0.2) is 0 Å². The highest BCUT2D eigenvalue weighted by molar-refractivity contribution is 5.94. The fourth-order valence-electron chi connectivity index (χ4n) is 2.41. The Morgan fingerprint density at radius 2 is 1.30 bits per heavy atom. The van der Waals surface area contributed by atoms with Crippen LogP contribution in [0.4, 0.5) is 0 Å². The smallest absolute Gasteiger partial charge is 0.326 e. The molecule has 0 saturated heterocycles. The van der Waals surface area contributed by atoms with Crippen molar-refractivity contribution in [2.75, 3.05) is 6.61 Å². The number of aliphatic carboxylic acids is 1. The fourth-order valence-corrected chi connectivity index (χ4v) is 2.41. The first-order chi connectivity index (χ1) is 13.8. The molecule has 0 aromatic carbocycles. The number of primary amides is 1. The number of amides is 4. The highest BCUT2D eigenvalue weighted by Crippen LogP contribution is 2.07. The van der Waals surface area contributed by atoms with Crippen LogP contribution in [-0.4, -0.2) is 70.6 Å². The number of rotatable bonds is 13. The van der Waals surface area contributed by atoms with E-state index in [1.54, 1.807) is 13.8 Å². The third-order valence-corrected chi connectivity index (χ3v) is 4.20. The summed E-state index contributed by atoms with van der Waals surface area (Å²) in [6.45, 7) is 6.31. The highest BCUT2D eigenvalue weighted by atomic mass is 16.4. The van der Waals surface area contributed by atoms with Crippen molar-refractivity contribution in [2.24, 2.45) is 23.3 Å². The zero-order valence-electron chi connectivity index (χ0n) is 17.7.